The number of nitrogens with zero attached hydrogens (tertiary/aromatic N) is 4. The molecule has 0 radical (unpaired) electrons. The number of carbonyl (C=O) groups excluding carboxylic acids is 1. The van der Waals surface area contributed by atoms with Crippen LogP contribution in [0.3, 0.4) is 0 Å². The van der Waals surface area contributed by atoms with E-state index < -0.39 is 0 Å². The van der Waals surface area contributed by atoms with Crippen molar-refractivity contribution in [1.82, 2.24) is 25.5 Å². The number of rotatable bonds is 5. The smallest absolute Gasteiger partial charge is 0.243 e. The number of hydrogen-bond donors (Lipinski definition) is 1. The first kappa shape index (κ1) is 17.3. The van der Waals surface area contributed by atoms with Crippen LogP contribution >= 0.6 is 11.6 Å². The molecule has 0 unspecified atom stereocenters. The van der Waals surface area contributed by atoms with E-state index >= 15 is 0 Å². The normalized spacial score (nSPS) is 15.4. The molecule has 0 spiro atoms. The third-order valence-electron chi connectivity index (χ3n) is 3.95. The monoisotopic (exact) mass is 385 g/mol. The highest BCUT2D eigenvalue weighted by atomic mass is 35.5. The number of carbonyl (C=O) groups is 1. The fourth-order valence-corrected chi connectivity index (χ4v) is 2.86. The minimum absolute atomic E-state index is 0.0540. The number of fused-ring (bicyclic) bond motifs is 1. The van der Waals surface area contributed by atoms with Gasteiger partial charge in [-0.05, 0) is 29.5 Å². The van der Waals surface area contributed by atoms with E-state index in [1.807, 2.05) is 36.4 Å². The molecule has 0 saturated carbocycles. The molecule has 0 saturated heterocycles. The lowest BCUT2D eigenvalue weighted by atomic mass is 10.2. The summed E-state index contributed by atoms with van der Waals surface area (Å²) in [6.07, 6.45) is -0.258. The van der Waals surface area contributed by atoms with Crippen LogP contribution in [0.1, 0.15) is 0 Å². The molecule has 1 atom stereocenters. The van der Waals surface area contributed by atoms with Crippen LogP contribution in [0.15, 0.2) is 48.5 Å². The predicted octanol–water partition coefficient (Wildman–Crippen LogP) is 1.95. The summed E-state index contributed by atoms with van der Waals surface area (Å²) in [6, 6.07) is 14.6. The molecule has 0 aliphatic carbocycles. The Bertz CT molecular complexity index is 961. The molecular weight excluding hydrogens is 370 g/mol. The molecule has 8 nitrogen and oxygen atoms in total. The van der Waals surface area contributed by atoms with Crippen molar-refractivity contribution in [3.8, 4) is 22.9 Å². The lowest BCUT2D eigenvalue weighted by molar-refractivity contribution is -0.122. The van der Waals surface area contributed by atoms with Crippen LogP contribution in [0, 0.1) is 0 Å². The topological polar surface area (TPSA) is 91.2 Å². The van der Waals surface area contributed by atoms with Gasteiger partial charge in [-0.15, -0.1) is 10.2 Å². The molecular formula is C18H16ClN5O3. The van der Waals surface area contributed by atoms with Crippen LogP contribution in [0.25, 0.3) is 11.4 Å². The summed E-state index contributed by atoms with van der Waals surface area (Å²) >= 11 is 6.12. The number of hydrogen-bond acceptors (Lipinski definition) is 6. The molecule has 9 heteroatoms. The summed E-state index contributed by atoms with van der Waals surface area (Å²) in [6.45, 7) is 0.635. The molecule has 4 rings (SSSR count). The first-order chi connectivity index (χ1) is 13.2. The number of aromatic nitrogens is 4. The Morgan fingerprint density at radius 1 is 1.19 bits per heavy atom. The maximum absolute atomic E-state index is 12.2. The zero-order valence-corrected chi connectivity index (χ0v) is 15.0. The van der Waals surface area contributed by atoms with Gasteiger partial charge < -0.3 is 14.8 Å². The first-order valence-corrected chi connectivity index (χ1v) is 8.75. The van der Waals surface area contributed by atoms with E-state index in [-0.39, 0.29) is 18.6 Å². The van der Waals surface area contributed by atoms with Gasteiger partial charge in [0.1, 0.15) is 19.3 Å². The van der Waals surface area contributed by atoms with Gasteiger partial charge in [0, 0.05) is 5.56 Å². The molecule has 27 heavy (non-hydrogen) atoms. The van der Waals surface area contributed by atoms with E-state index in [1.165, 1.54) is 4.80 Å². The highest BCUT2D eigenvalue weighted by Gasteiger charge is 2.21. The second-order valence-electron chi connectivity index (χ2n) is 5.92. The Labute approximate surface area is 160 Å². The molecule has 2 aromatic carbocycles. The first-order valence-electron chi connectivity index (χ1n) is 8.37. The number of tetrazole rings is 1. The molecule has 2 heterocycles. The van der Waals surface area contributed by atoms with Gasteiger partial charge in [0.15, 0.2) is 11.5 Å². The Kier molecular flexibility index (Phi) is 4.88. The van der Waals surface area contributed by atoms with E-state index in [1.54, 1.807) is 12.1 Å². The van der Waals surface area contributed by atoms with Crippen LogP contribution in [0.2, 0.25) is 5.02 Å². The molecule has 0 fully saturated rings. The quantitative estimate of drug-likeness (QED) is 0.721. The third kappa shape index (κ3) is 4.01. The number of halogens is 1. The van der Waals surface area contributed by atoms with Gasteiger partial charge in [-0.2, -0.15) is 4.80 Å². The van der Waals surface area contributed by atoms with E-state index in [4.69, 9.17) is 21.1 Å². The highest BCUT2D eigenvalue weighted by molar-refractivity contribution is 6.33. The van der Waals surface area contributed by atoms with E-state index in [2.05, 4.69) is 20.7 Å². The summed E-state index contributed by atoms with van der Waals surface area (Å²) in [5.41, 5.74) is 0.664. The van der Waals surface area contributed by atoms with Crippen LogP contribution in [0.5, 0.6) is 11.5 Å². The number of ether oxygens (including phenoxy) is 2. The SMILES string of the molecule is O=C(Cn1nnc(-c2ccccc2Cl)n1)NC[C@H]1COc2ccccc2O1. The maximum atomic E-state index is 12.2. The number of para-hydroxylation sites is 2. The number of benzene rings is 2. The fourth-order valence-electron chi connectivity index (χ4n) is 2.64. The lowest BCUT2D eigenvalue weighted by Crippen LogP contribution is -2.41. The van der Waals surface area contributed by atoms with Crippen LogP contribution < -0.4 is 14.8 Å². The van der Waals surface area contributed by atoms with Crippen molar-refractivity contribution in [2.75, 3.05) is 13.2 Å². The van der Waals surface area contributed by atoms with Crippen molar-refractivity contribution in [3.05, 3.63) is 53.6 Å². The zero-order chi connectivity index (χ0) is 18.6. The van der Waals surface area contributed by atoms with Crippen molar-refractivity contribution < 1.29 is 14.3 Å². The summed E-state index contributed by atoms with van der Waals surface area (Å²) in [5, 5.41) is 15.4. The lowest BCUT2D eigenvalue weighted by Gasteiger charge is -2.26. The van der Waals surface area contributed by atoms with Gasteiger partial charge in [-0.25, -0.2) is 0 Å². The van der Waals surface area contributed by atoms with E-state index in [9.17, 15) is 4.79 Å². The van der Waals surface area contributed by atoms with Crippen LogP contribution in [0.4, 0.5) is 0 Å². The van der Waals surface area contributed by atoms with Gasteiger partial charge in [0.2, 0.25) is 11.7 Å². The van der Waals surface area contributed by atoms with Crippen molar-refractivity contribution >= 4 is 17.5 Å². The Morgan fingerprint density at radius 3 is 2.81 bits per heavy atom. The summed E-state index contributed by atoms with van der Waals surface area (Å²) < 4.78 is 11.4. The molecule has 3 aromatic rings. The predicted molar refractivity (Wildman–Crippen MR) is 97.6 cm³/mol. The average molecular weight is 386 g/mol. The number of amides is 1. The Balaban J connectivity index is 1.31. The third-order valence-corrected chi connectivity index (χ3v) is 4.28. The van der Waals surface area contributed by atoms with Crippen molar-refractivity contribution in [2.24, 2.45) is 0 Å². The molecule has 1 N–H and O–H groups in total. The summed E-state index contributed by atoms with van der Waals surface area (Å²) in [5.74, 6) is 1.50. The van der Waals surface area contributed by atoms with Crippen molar-refractivity contribution in [3.63, 3.8) is 0 Å². The largest absolute Gasteiger partial charge is 0.486 e. The highest BCUT2D eigenvalue weighted by Crippen LogP contribution is 2.30. The molecule has 1 aromatic heterocycles. The minimum Gasteiger partial charge on any atom is -0.486 e. The van der Waals surface area contributed by atoms with Gasteiger partial charge in [-0.3, -0.25) is 4.79 Å². The average Bonchev–Trinajstić information content (AvgIpc) is 3.14. The minimum atomic E-state index is -0.258. The second-order valence-corrected chi connectivity index (χ2v) is 6.33. The van der Waals surface area contributed by atoms with Gasteiger partial charge in [-0.1, -0.05) is 35.9 Å². The van der Waals surface area contributed by atoms with Gasteiger partial charge in [0.05, 0.1) is 11.6 Å². The van der Waals surface area contributed by atoms with E-state index in [0.717, 1.165) is 0 Å². The maximum Gasteiger partial charge on any atom is 0.243 e. The molecule has 138 valence electrons. The van der Waals surface area contributed by atoms with E-state index in [0.29, 0.717) is 41.1 Å². The Morgan fingerprint density at radius 2 is 1.96 bits per heavy atom. The standard InChI is InChI=1S/C18H16ClN5O3/c19-14-6-2-1-5-13(14)18-21-23-24(22-18)10-17(25)20-9-12-11-26-15-7-3-4-8-16(15)27-12/h1-8,12H,9-11H2,(H,20,25)/t12-/m0/s1. The number of nitrogens with one attached hydrogen (secondary N) is 1. The zero-order valence-electron chi connectivity index (χ0n) is 14.2. The van der Waals surface area contributed by atoms with Crippen molar-refractivity contribution in [2.45, 2.75) is 12.6 Å². The second kappa shape index (κ2) is 7.63. The van der Waals surface area contributed by atoms with Crippen LogP contribution in [-0.2, 0) is 11.3 Å². The van der Waals surface area contributed by atoms with Crippen LogP contribution in [-0.4, -0.2) is 45.4 Å². The summed E-state index contributed by atoms with van der Waals surface area (Å²) in [4.78, 5) is 13.4. The summed E-state index contributed by atoms with van der Waals surface area (Å²) in [7, 11) is 0. The molecule has 1 amide bonds. The fraction of sp³-hybridized carbons (Fsp3) is 0.222. The Hall–Kier alpha value is -3.13. The van der Waals surface area contributed by atoms with Gasteiger partial charge >= 0.3 is 0 Å². The van der Waals surface area contributed by atoms with Gasteiger partial charge in [0.25, 0.3) is 0 Å². The molecule has 0 bridgehead atoms. The van der Waals surface area contributed by atoms with Crippen molar-refractivity contribution in [1.29, 1.82) is 0 Å². The molecule has 1 aliphatic heterocycles. The molecule has 1 aliphatic rings.